The second-order valence-corrected chi connectivity index (χ2v) is 40.5. The van der Waals surface area contributed by atoms with Gasteiger partial charge in [-0.2, -0.15) is 0 Å². The van der Waals surface area contributed by atoms with E-state index < -0.39 is 105 Å². The van der Waals surface area contributed by atoms with Gasteiger partial charge in [0.15, 0.2) is 0 Å². The molecular formula is C80H109NO14Si2. The van der Waals surface area contributed by atoms with Gasteiger partial charge < -0.3 is 52.2 Å². The van der Waals surface area contributed by atoms with E-state index >= 15 is 9.59 Å². The summed E-state index contributed by atoms with van der Waals surface area (Å²) < 4.78 is 62.9. The number of methoxy groups -OCH3 is 1. The van der Waals surface area contributed by atoms with Gasteiger partial charge in [0, 0.05) is 63.4 Å². The predicted molar refractivity (Wildman–Crippen MR) is 380 cm³/mol. The molecule has 8 aliphatic rings. The highest BCUT2D eigenvalue weighted by Crippen LogP contribution is 2.56. The second-order valence-electron chi connectivity index (χ2n) is 32.7. The number of amides is 1. The standard InChI is InChI=1S/C80H109NO14Si2/c1-50-40-56-36-38-66-51(2)41-55(88-66)35-34-53(82)44-69-64(47-78(7,8)96(85,59-26-18-14-19-27-59)60-28-20-15-21-29-60)74-75(93-69)65(48-79(9,10)97(86,61-30-22-16-23-31-61)62-32-24-17-25-33-62)73-67(92-74)39-37-57(90-73)42-54(83)43-63-70(46-68(89-56)52(50)3)91-71(72(63)87-13)45-58-49-81(80(11,12)94-58)76(84)95-77(4,5)6/h14-33,50,55-58,63-75,85-86H,2-3,34-49H2,1,4-13H3/t50?,55?,56?,57?,58?,63?,64?,65?,66-,67?,68?,69?,70-,71+,72+,73+,74-,75-/m0/s1. The van der Waals surface area contributed by atoms with E-state index in [-0.39, 0.29) is 78.9 Å². The molecule has 97 heavy (non-hydrogen) atoms. The Morgan fingerprint density at radius 1 is 0.588 bits per heavy atom. The molecule has 11 unspecified atom stereocenters. The lowest BCUT2D eigenvalue weighted by Crippen LogP contribution is -2.67. The van der Waals surface area contributed by atoms with Crippen LogP contribution < -0.4 is 20.7 Å². The van der Waals surface area contributed by atoms with E-state index in [9.17, 15) is 14.4 Å². The molecule has 0 radical (unpaired) electrons. The number of carbonyl (C=O) groups is 3. The number of fused-ring (bicyclic) bond motifs is 7. The number of benzene rings is 4. The number of ether oxygens (including phenoxy) is 9. The van der Waals surface area contributed by atoms with E-state index in [1.54, 1.807) is 12.0 Å². The maximum absolute atomic E-state index is 15.4. The van der Waals surface area contributed by atoms with E-state index in [2.05, 4.69) is 96.3 Å². The number of carbonyl (C=O) groups excluding carboxylic acids is 3. The van der Waals surface area contributed by atoms with Crippen LogP contribution in [0.15, 0.2) is 146 Å². The summed E-state index contributed by atoms with van der Waals surface area (Å²) in [5, 5.41) is 2.11. The number of nitrogens with zero attached hydrogens (tertiary/aromatic N) is 1. The summed E-state index contributed by atoms with van der Waals surface area (Å²) in [4.78, 5) is 73.5. The first-order valence-corrected chi connectivity index (χ1v) is 40.2. The minimum Gasteiger partial charge on any atom is -0.444 e. The molecule has 8 aliphatic heterocycles. The number of hydrogen-bond acceptors (Lipinski definition) is 14. The number of ketones is 2. The Morgan fingerprint density at radius 2 is 1.11 bits per heavy atom. The average Bonchev–Trinajstić information content (AvgIpc) is 1.72. The van der Waals surface area contributed by atoms with Gasteiger partial charge in [-0.25, -0.2) is 4.79 Å². The van der Waals surface area contributed by atoms with Gasteiger partial charge >= 0.3 is 6.09 Å². The smallest absolute Gasteiger partial charge is 0.412 e. The van der Waals surface area contributed by atoms with Crippen LogP contribution in [0.5, 0.6) is 0 Å². The fraction of sp³-hybridized carbons (Fsp3) is 0.613. The SMILES string of the molecule is C=C1C(C)CC2CC[C@@H]3OC(CCC(=O)CC4O[C@H]5C(CC(C)(C)[Si](O)(c6ccccc6)c6ccccc6)[C@H]6OC(CCC6O[C@H]5C4CC(C)(C)[Si](O)(c4ccccc4)c4ccccc4)CC(=O)CC4[C@H](CC1O2)O[C@H](CC1CN(C(=O)OC(C)(C)C)C(C)(C)O1)[C@@H]4OC)CC3=C. The van der Waals surface area contributed by atoms with Crippen molar-refractivity contribution in [2.45, 2.75) is 272 Å². The molecule has 15 nitrogen and oxygen atoms in total. The maximum Gasteiger partial charge on any atom is 0.412 e. The molecule has 526 valence electrons. The Kier molecular flexibility index (Phi) is 21.3. The first-order valence-electron chi connectivity index (χ1n) is 36.3. The maximum atomic E-state index is 15.4. The zero-order valence-corrected chi connectivity index (χ0v) is 61.4. The third-order valence-electron chi connectivity index (χ3n) is 23.5. The quantitative estimate of drug-likeness (QED) is 0.0954. The van der Waals surface area contributed by atoms with Crippen LogP contribution in [0, 0.1) is 23.7 Å². The topological polar surface area (TPSA) is 178 Å². The minimum absolute atomic E-state index is 0.0299. The Balaban J connectivity index is 0.906. The fourth-order valence-electron chi connectivity index (χ4n) is 18.6. The molecule has 4 aromatic carbocycles. The van der Waals surface area contributed by atoms with Crippen LogP contribution in [0.3, 0.4) is 0 Å². The van der Waals surface area contributed by atoms with Crippen molar-refractivity contribution in [3.8, 4) is 0 Å². The summed E-state index contributed by atoms with van der Waals surface area (Å²) in [5.41, 5.74) is 0.396. The number of hydrogen-bond donors (Lipinski definition) is 2. The zero-order chi connectivity index (χ0) is 69.0. The molecule has 0 aromatic heterocycles. The summed E-state index contributed by atoms with van der Waals surface area (Å²) >= 11 is 0. The number of rotatable bonds is 13. The van der Waals surface area contributed by atoms with Crippen LogP contribution in [0.1, 0.15) is 166 Å². The van der Waals surface area contributed by atoms with Crippen LogP contribution in [0.2, 0.25) is 10.1 Å². The molecule has 1 amide bonds. The fourth-order valence-corrected chi connectivity index (χ4v) is 26.1. The molecular weight excluding hydrogens is 1260 g/mol. The largest absolute Gasteiger partial charge is 0.444 e. The highest BCUT2D eigenvalue weighted by molar-refractivity contribution is 6.99. The van der Waals surface area contributed by atoms with E-state index in [4.69, 9.17) is 42.6 Å². The van der Waals surface area contributed by atoms with Crippen LogP contribution in [0.25, 0.3) is 0 Å². The van der Waals surface area contributed by atoms with E-state index in [0.717, 1.165) is 51.2 Å². The monoisotopic (exact) mass is 1360 g/mol. The van der Waals surface area contributed by atoms with Crippen molar-refractivity contribution in [2.24, 2.45) is 23.7 Å². The van der Waals surface area contributed by atoms with E-state index in [1.807, 2.05) is 107 Å². The van der Waals surface area contributed by atoms with Crippen molar-refractivity contribution in [1.29, 1.82) is 0 Å². The molecule has 0 spiro atoms. The van der Waals surface area contributed by atoms with Gasteiger partial charge in [0.1, 0.15) is 22.9 Å². The van der Waals surface area contributed by atoms with Crippen LogP contribution in [0.4, 0.5) is 4.79 Å². The Bertz CT molecular complexity index is 3320. The highest BCUT2D eigenvalue weighted by Gasteiger charge is 2.63. The molecule has 0 aliphatic carbocycles. The third-order valence-corrected chi connectivity index (χ3v) is 32.5. The summed E-state index contributed by atoms with van der Waals surface area (Å²) in [6, 6.07) is 40.4. The van der Waals surface area contributed by atoms with Gasteiger partial charge in [0.25, 0.3) is 16.6 Å². The minimum atomic E-state index is -3.67. The molecule has 4 aromatic rings. The first kappa shape index (κ1) is 71.8. The molecule has 2 N–H and O–H groups in total. The normalized spacial score (nSPS) is 34.0. The van der Waals surface area contributed by atoms with E-state index in [0.29, 0.717) is 64.3 Å². The molecule has 8 saturated heterocycles. The van der Waals surface area contributed by atoms with Crippen molar-refractivity contribution in [3.05, 3.63) is 146 Å². The van der Waals surface area contributed by atoms with Gasteiger partial charge in [-0.15, -0.1) is 0 Å². The van der Waals surface area contributed by atoms with Crippen LogP contribution in [-0.4, -0.2) is 159 Å². The Labute approximate surface area is 578 Å². The van der Waals surface area contributed by atoms with Crippen LogP contribution in [-0.2, 0) is 52.2 Å². The molecule has 8 bridgehead atoms. The van der Waals surface area contributed by atoms with Gasteiger partial charge in [-0.05, 0) is 140 Å². The average molecular weight is 1360 g/mol. The Morgan fingerprint density at radius 3 is 1.68 bits per heavy atom. The lowest BCUT2D eigenvalue weighted by atomic mass is 9.74. The summed E-state index contributed by atoms with van der Waals surface area (Å²) in [5.74, 6) is -0.787. The second kappa shape index (κ2) is 28.8. The lowest BCUT2D eigenvalue weighted by Gasteiger charge is -2.52. The van der Waals surface area contributed by atoms with Gasteiger partial charge in [-0.3, -0.25) is 14.5 Å². The lowest BCUT2D eigenvalue weighted by molar-refractivity contribution is -0.242. The van der Waals surface area contributed by atoms with Crippen molar-refractivity contribution in [1.82, 2.24) is 4.90 Å². The highest BCUT2D eigenvalue weighted by atomic mass is 28.4. The summed E-state index contributed by atoms with van der Waals surface area (Å²) in [6.45, 7) is 29.8. The number of Topliss-reactive ketones (excluding diaryl/α,β-unsaturated/α-hetero) is 2. The van der Waals surface area contributed by atoms with Crippen molar-refractivity contribution < 1.29 is 66.6 Å². The van der Waals surface area contributed by atoms with Crippen molar-refractivity contribution >= 4 is 55.0 Å². The molecule has 8 fully saturated rings. The van der Waals surface area contributed by atoms with Gasteiger partial charge in [0.2, 0.25) is 0 Å². The summed E-state index contributed by atoms with van der Waals surface area (Å²) in [7, 11) is -5.59. The molecule has 12 rings (SSSR count). The van der Waals surface area contributed by atoms with Crippen molar-refractivity contribution in [2.75, 3.05) is 13.7 Å². The first-order chi connectivity index (χ1) is 46.0. The Hall–Kier alpha value is -5.00. The third kappa shape index (κ3) is 14.9. The zero-order valence-electron chi connectivity index (χ0n) is 59.4. The molecule has 0 saturated carbocycles. The van der Waals surface area contributed by atoms with Gasteiger partial charge in [0.05, 0.1) is 92.0 Å². The molecule has 17 heteroatoms. The molecule has 18 atom stereocenters. The predicted octanol–water partition coefficient (Wildman–Crippen LogP) is 11.6. The molecule has 8 heterocycles. The summed E-state index contributed by atoms with van der Waals surface area (Å²) in [6.07, 6.45) is 1.14. The van der Waals surface area contributed by atoms with Crippen LogP contribution >= 0.6 is 0 Å². The van der Waals surface area contributed by atoms with E-state index in [1.165, 1.54) is 0 Å². The van der Waals surface area contributed by atoms with Crippen molar-refractivity contribution in [3.63, 3.8) is 0 Å². The van der Waals surface area contributed by atoms with Gasteiger partial charge in [-0.1, -0.05) is 169 Å².